The van der Waals surface area contributed by atoms with Crippen molar-refractivity contribution < 1.29 is 9.18 Å². The second kappa shape index (κ2) is 5.80. The van der Waals surface area contributed by atoms with Crippen LogP contribution in [-0.4, -0.2) is 37.5 Å². The first-order chi connectivity index (χ1) is 8.63. The normalized spacial score (nSPS) is 19.3. The molecule has 1 fully saturated rings. The van der Waals surface area contributed by atoms with Gasteiger partial charge in [-0.05, 0) is 54.0 Å². The molecule has 3 nitrogen and oxygen atoms in total. The first kappa shape index (κ1) is 13.5. The lowest BCUT2D eigenvalue weighted by Gasteiger charge is -2.17. The van der Waals surface area contributed by atoms with E-state index in [2.05, 4.69) is 21.2 Å². The molecule has 1 aliphatic rings. The summed E-state index contributed by atoms with van der Waals surface area (Å²) in [5.41, 5.74) is 0.403. The lowest BCUT2D eigenvalue weighted by Crippen LogP contribution is -2.30. The summed E-state index contributed by atoms with van der Waals surface area (Å²) in [6.07, 6.45) is 1.000. The number of amides is 1. The summed E-state index contributed by atoms with van der Waals surface area (Å²) in [4.78, 5) is 14.1. The van der Waals surface area contributed by atoms with Crippen LogP contribution >= 0.6 is 15.9 Å². The van der Waals surface area contributed by atoms with Gasteiger partial charge in [-0.25, -0.2) is 4.39 Å². The zero-order valence-corrected chi connectivity index (χ0v) is 11.8. The van der Waals surface area contributed by atoms with Crippen molar-refractivity contribution in [3.63, 3.8) is 0 Å². The van der Waals surface area contributed by atoms with Crippen molar-refractivity contribution in [2.75, 3.05) is 26.7 Å². The van der Waals surface area contributed by atoms with E-state index in [1.165, 1.54) is 6.07 Å². The molecular weight excluding hydrogens is 299 g/mol. The quantitative estimate of drug-likeness (QED) is 0.928. The van der Waals surface area contributed by atoms with Crippen LogP contribution in [0.25, 0.3) is 0 Å². The molecule has 0 bridgehead atoms. The third-order valence-corrected chi connectivity index (χ3v) is 4.05. The fourth-order valence-electron chi connectivity index (χ4n) is 2.31. The van der Waals surface area contributed by atoms with E-state index in [-0.39, 0.29) is 10.4 Å². The monoisotopic (exact) mass is 314 g/mol. The van der Waals surface area contributed by atoms with Gasteiger partial charge in [0.1, 0.15) is 5.82 Å². The smallest absolute Gasteiger partial charge is 0.255 e. The van der Waals surface area contributed by atoms with Crippen molar-refractivity contribution in [1.29, 1.82) is 0 Å². The number of nitrogens with zero attached hydrogens (tertiary/aromatic N) is 1. The minimum Gasteiger partial charge on any atom is -0.338 e. The molecule has 1 atom stereocenters. The summed E-state index contributed by atoms with van der Waals surface area (Å²) in [5, 5.41) is 3.12. The van der Waals surface area contributed by atoms with Gasteiger partial charge in [0, 0.05) is 13.1 Å². The van der Waals surface area contributed by atoms with Crippen LogP contribution in [0.4, 0.5) is 4.39 Å². The molecule has 5 heteroatoms. The predicted molar refractivity (Wildman–Crippen MR) is 72.0 cm³/mol. The summed E-state index contributed by atoms with van der Waals surface area (Å²) < 4.78 is 13.7. The van der Waals surface area contributed by atoms with Gasteiger partial charge in [-0.15, -0.1) is 0 Å². The van der Waals surface area contributed by atoms with Gasteiger partial charge in [0.2, 0.25) is 0 Å². The molecule has 1 saturated heterocycles. The summed E-state index contributed by atoms with van der Waals surface area (Å²) >= 11 is 3.14. The number of carbonyl (C=O) groups excluding carboxylic acids is 1. The molecule has 1 heterocycles. The molecule has 1 aromatic carbocycles. The Balaban J connectivity index is 2.11. The number of hydrogen-bond acceptors (Lipinski definition) is 2. The Hall–Kier alpha value is -0.940. The van der Waals surface area contributed by atoms with Crippen molar-refractivity contribution in [1.82, 2.24) is 10.2 Å². The summed E-state index contributed by atoms with van der Waals surface area (Å²) in [5.74, 6) is -0.00177. The Morgan fingerprint density at radius 1 is 1.61 bits per heavy atom. The van der Waals surface area contributed by atoms with Gasteiger partial charge in [-0.1, -0.05) is 6.07 Å². The number of likely N-dealkylation sites (tertiary alicyclic amines) is 1. The standard InChI is InChI=1S/C13H16BrFN2O/c1-16-7-9-5-6-17(8-9)13(18)10-3-2-4-11(15)12(10)14/h2-4,9,16H,5-8H2,1H3. The average Bonchev–Trinajstić information content (AvgIpc) is 2.81. The van der Waals surface area contributed by atoms with E-state index in [0.29, 0.717) is 11.5 Å². The van der Waals surface area contributed by atoms with Gasteiger partial charge in [0.05, 0.1) is 10.0 Å². The minimum atomic E-state index is -0.396. The highest BCUT2D eigenvalue weighted by Gasteiger charge is 2.27. The van der Waals surface area contributed by atoms with Crippen LogP contribution in [0.1, 0.15) is 16.8 Å². The summed E-state index contributed by atoms with van der Waals surface area (Å²) in [6.45, 7) is 2.39. The Morgan fingerprint density at radius 2 is 2.39 bits per heavy atom. The molecular formula is C13H16BrFN2O. The van der Waals surface area contributed by atoms with Gasteiger partial charge < -0.3 is 10.2 Å². The largest absolute Gasteiger partial charge is 0.338 e. The van der Waals surface area contributed by atoms with Gasteiger partial charge >= 0.3 is 0 Å². The molecule has 2 rings (SSSR count). The highest BCUT2D eigenvalue weighted by Crippen LogP contribution is 2.24. The molecule has 0 aromatic heterocycles. The molecule has 1 aromatic rings. The lowest BCUT2D eigenvalue weighted by molar-refractivity contribution is 0.0785. The van der Waals surface area contributed by atoms with Crippen LogP contribution in [0.5, 0.6) is 0 Å². The van der Waals surface area contributed by atoms with Gasteiger partial charge in [0.15, 0.2) is 0 Å². The van der Waals surface area contributed by atoms with Crippen molar-refractivity contribution in [2.24, 2.45) is 5.92 Å². The van der Waals surface area contributed by atoms with Crippen LogP contribution in [0.2, 0.25) is 0 Å². The first-order valence-corrected chi connectivity index (χ1v) is 6.80. The molecule has 1 unspecified atom stereocenters. The Kier molecular flexibility index (Phi) is 4.35. The molecule has 0 saturated carbocycles. The SMILES string of the molecule is CNCC1CCN(C(=O)c2cccc(F)c2Br)C1. The van der Waals surface area contributed by atoms with E-state index in [1.54, 1.807) is 17.0 Å². The molecule has 0 spiro atoms. The maximum absolute atomic E-state index is 13.4. The topological polar surface area (TPSA) is 32.3 Å². The van der Waals surface area contributed by atoms with Crippen molar-refractivity contribution in [3.8, 4) is 0 Å². The van der Waals surface area contributed by atoms with E-state index >= 15 is 0 Å². The second-order valence-corrected chi connectivity index (χ2v) is 5.36. The van der Waals surface area contributed by atoms with Crippen LogP contribution < -0.4 is 5.32 Å². The Labute approximate surface area is 114 Å². The fraction of sp³-hybridized carbons (Fsp3) is 0.462. The third-order valence-electron chi connectivity index (χ3n) is 3.25. The van der Waals surface area contributed by atoms with Crippen LogP contribution in [0.3, 0.4) is 0 Å². The van der Waals surface area contributed by atoms with Gasteiger partial charge in [-0.2, -0.15) is 0 Å². The molecule has 18 heavy (non-hydrogen) atoms. The zero-order valence-electron chi connectivity index (χ0n) is 10.2. The van der Waals surface area contributed by atoms with E-state index in [9.17, 15) is 9.18 Å². The zero-order chi connectivity index (χ0) is 13.1. The highest BCUT2D eigenvalue weighted by atomic mass is 79.9. The lowest BCUT2D eigenvalue weighted by atomic mass is 10.1. The van der Waals surface area contributed by atoms with Crippen molar-refractivity contribution >= 4 is 21.8 Å². The van der Waals surface area contributed by atoms with Crippen molar-refractivity contribution in [2.45, 2.75) is 6.42 Å². The van der Waals surface area contributed by atoms with Crippen LogP contribution in [-0.2, 0) is 0 Å². The van der Waals surface area contributed by atoms with Gasteiger partial charge in [0.25, 0.3) is 5.91 Å². The molecule has 1 N–H and O–H groups in total. The number of halogens is 2. The average molecular weight is 315 g/mol. The summed E-state index contributed by atoms with van der Waals surface area (Å²) in [7, 11) is 1.91. The minimum absolute atomic E-state index is 0.0972. The maximum Gasteiger partial charge on any atom is 0.255 e. The Morgan fingerprint density at radius 3 is 3.11 bits per heavy atom. The first-order valence-electron chi connectivity index (χ1n) is 6.01. The number of benzene rings is 1. The van der Waals surface area contributed by atoms with Crippen molar-refractivity contribution in [3.05, 3.63) is 34.1 Å². The molecule has 1 aliphatic heterocycles. The second-order valence-electron chi connectivity index (χ2n) is 4.56. The van der Waals surface area contributed by atoms with Crippen LogP contribution in [0, 0.1) is 11.7 Å². The van der Waals surface area contributed by atoms with E-state index in [0.717, 1.165) is 26.1 Å². The number of hydrogen-bond donors (Lipinski definition) is 1. The van der Waals surface area contributed by atoms with E-state index in [1.807, 2.05) is 7.05 Å². The Bertz CT molecular complexity index is 453. The maximum atomic E-state index is 13.4. The number of nitrogens with one attached hydrogen (secondary N) is 1. The summed E-state index contributed by atoms with van der Waals surface area (Å²) in [6, 6.07) is 4.56. The van der Waals surface area contributed by atoms with Crippen LogP contribution in [0.15, 0.2) is 22.7 Å². The molecule has 1 amide bonds. The number of rotatable bonds is 3. The molecule has 0 radical (unpaired) electrons. The number of carbonyl (C=O) groups is 1. The molecule has 98 valence electrons. The molecule has 0 aliphatic carbocycles. The van der Waals surface area contributed by atoms with Gasteiger partial charge in [-0.3, -0.25) is 4.79 Å². The highest BCUT2D eigenvalue weighted by molar-refractivity contribution is 9.10. The van der Waals surface area contributed by atoms with E-state index in [4.69, 9.17) is 0 Å². The third kappa shape index (κ3) is 2.72. The fourth-order valence-corrected chi connectivity index (χ4v) is 2.75. The van der Waals surface area contributed by atoms with E-state index < -0.39 is 5.82 Å². The predicted octanol–water partition coefficient (Wildman–Crippen LogP) is 2.27.